The SMILES string of the molecule is Cc1noc(C)c1CNc1ncc(Br)cc1Cl. The van der Waals surface area contributed by atoms with Crippen LogP contribution in [-0.4, -0.2) is 10.1 Å². The fourth-order valence-electron chi connectivity index (χ4n) is 1.47. The number of anilines is 1. The van der Waals surface area contributed by atoms with Gasteiger partial charge in [-0.2, -0.15) is 0 Å². The van der Waals surface area contributed by atoms with Crippen molar-refractivity contribution in [2.45, 2.75) is 20.4 Å². The number of halogens is 2. The third-order valence-electron chi connectivity index (χ3n) is 2.42. The second kappa shape index (κ2) is 5.06. The summed E-state index contributed by atoms with van der Waals surface area (Å²) in [5, 5.41) is 7.62. The molecule has 2 aromatic heterocycles. The zero-order chi connectivity index (χ0) is 12.4. The summed E-state index contributed by atoms with van der Waals surface area (Å²) in [4.78, 5) is 4.20. The van der Waals surface area contributed by atoms with Crippen molar-refractivity contribution < 1.29 is 4.52 Å². The predicted octanol–water partition coefficient (Wildman–Crippen LogP) is 3.71. The molecule has 0 spiro atoms. The van der Waals surface area contributed by atoms with Crippen LogP contribution in [0.2, 0.25) is 5.02 Å². The first-order valence-electron chi connectivity index (χ1n) is 5.04. The molecule has 0 saturated carbocycles. The van der Waals surface area contributed by atoms with Crippen LogP contribution in [0.5, 0.6) is 0 Å². The first kappa shape index (κ1) is 12.4. The standard InChI is InChI=1S/C11H11BrClN3O/c1-6-9(7(2)17-16-6)5-15-11-10(13)3-8(12)4-14-11/h3-4H,5H2,1-2H3,(H,14,15). The molecule has 0 fully saturated rings. The molecule has 0 aliphatic heterocycles. The average Bonchev–Trinajstić information content (AvgIpc) is 2.58. The van der Waals surface area contributed by atoms with E-state index in [1.54, 1.807) is 12.3 Å². The summed E-state index contributed by atoms with van der Waals surface area (Å²) in [6.07, 6.45) is 1.70. The van der Waals surface area contributed by atoms with Crippen LogP contribution >= 0.6 is 27.5 Å². The zero-order valence-corrected chi connectivity index (χ0v) is 11.8. The van der Waals surface area contributed by atoms with Crippen molar-refractivity contribution in [3.63, 3.8) is 0 Å². The smallest absolute Gasteiger partial charge is 0.145 e. The Hall–Kier alpha value is -1.07. The van der Waals surface area contributed by atoms with E-state index in [9.17, 15) is 0 Å². The minimum Gasteiger partial charge on any atom is -0.365 e. The van der Waals surface area contributed by atoms with Crippen LogP contribution in [0.3, 0.4) is 0 Å². The zero-order valence-electron chi connectivity index (χ0n) is 9.42. The van der Waals surface area contributed by atoms with E-state index in [0.29, 0.717) is 17.4 Å². The maximum Gasteiger partial charge on any atom is 0.145 e. The second-order valence-corrected chi connectivity index (χ2v) is 4.96. The van der Waals surface area contributed by atoms with Crippen molar-refractivity contribution in [3.8, 4) is 0 Å². The molecule has 1 N–H and O–H groups in total. The van der Waals surface area contributed by atoms with Crippen LogP contribution in [0.15, 0.2) is 21.3 Å². The Morgan fingerprint density at radius 3 is 2.82 bits per heavy atom. The highest BCUT2D eigenvalue weighted by Gasteiger charge is 2.09. The Bertz CT molecular complexity index is 522. The Labute approximate surface area is 112 Å². The molecule has 0 aliphatic carbocycles. The van der Waals surface area contributed by atoms with E-state index in [-0.39, 0.29) is 0 Å². The summed E-state index contributed by atoms with van der Waals surface area (Å²) in [7, 11) is 0. The number of nitrogens with one attached hydrogen (secondary N) is 1. The minimum atomic E-state index is 0.575. The molecule has 2 heterocycles. The number of aryl methyl sites for hydroxylation is 2. The lowest BCUT2D eigenvalue weighted by Gasteiger charge is -2.07. The molecule has 0 aliphatic rings. The van der Waals surface area contributed by atoms with Crippen LogP contribution in [0.1, 0.15) is 17.0 Å². The molecule has 2 rings (SSSR count). The minimum absolute atomic E-state index is 0.575. The van der Waals surface area contributed by atoms with Gasteiger partial charge in [-0.15, -0.1) is 0 Å². The topological polar surface area (TPSA) is 51.0 Å². The van der Waals surface area contributed by atoms with Gasteiger partial charge in [0.2, 0.25) is 0 Å². The van der Waals surface area contributed by atoms with E-state index in [0.717, 1.165) is 21.5 Å². The van der Waals surface area contributed by atoms with Crippen LogP contribution in [0.4, 0.5) is 5.82 Å². The summed E-state index contributed by atoms with van der Waals surface area (Å²) in [6.45, 7) is 4.38. The van der Waals surface area contributed by atoms with Crippen molar-refractivity contribution >= 4 is 33.3 Å². The molecular formula is C11H11BrClN3O. The highest BCUT2D eigenvalue weighted by atomic mass is 79.9. The quantitative estimate of drug-likeness (QED) is 0.937. The first-order chi connectivity index (χ1) is 8.08. The van der Waals surface area contributed by atoms with Crippen LogP contribution in [-0.2, 0) is 6.54 Å². The molecule has 0 unspecified atom stereocenters. The number of rotatable bonds is 3. The van der Waals surface area contributed by atoms with E-state index >= 15 is 0 Å². The van der Waals surface area contributed by atoms with Crippen molar-refractivity contribution in [1.82, 2.24) is 10.1 Å². The summed E-state index contributed by atoms with van der Waals surface area (Å²) in [6, 6.07) is 1.80. The van der Waals surface area contributed by atoms with Gasteiger partial charge >= 0.3 is 0 Å². The molecule has 0 bridgehead atoms. The van der Waals surface area contributed by atoms with E-state index in [1.807, 2.05) is 13.8 Å². The lowest BCUT2D eigenvalue weighted by atomic mass is 10.2. The fraction of sp³-hybridized carbons (Fsp3) is 0.273. The van der Waals surface area contributed by atoms with Gasteiger partial charge in [0, 0.05) is 22.8 Å². The Balaban J connectivity index is 2.13. The van der Waals surface area contributed by atoms with Crippen molar-refractivity contribution in [2.24, 2.45) is 0 Å². The summed E-state index contributed by atoms with van der Waals surface area (Å²) < 4.78 is 5.93. The van der Waals surface area contributed by atoms with Gasteiger partial charge < -0.3 is 9.84 Å². The molecule has 4 nitrogen and oxygen atoms in total. The number of aromatic nitrogens is 2. The molecule has 0 radical (unpaired) electrons. The van der Waals surface area contributed by atoms with E-state index in [4.69, 9.17) is 16.1 Å². The number of pyridine rings is 1. The van der Waals surface area contributed by atoms with Gasteiger partial charge in [-0.05, 0) is 35.8 Å². The second-order valence-electron chi connectivity index (χ2n) is 3.64. The largest absolute Gasteiger partial charge is 0.365 e. The molecule has 17 heavy (non-hydrogen) atoms. The predicted molar refractivity (Wildman–Crippen MR) is 70.3 cm³/mol. The van der Waals surface area contributed by atoms with Gasteiger partial charge in [0.05, 0.1) is 10.7 Å². The fourth-order valence-corrected chi connectivity index (χ4v) is 2.17. The molecule has 0 aromatic carbocycles. The van der Waals surface area contributed by atoms with Crippen LogP contribution < -0.4 is 5.32 Å². The molecule has 0 amide bonds. The normalized spacial score (nSPS) is 10.6. The molecule has 0 atom stereocenters. The summed E-state index contributed by atoms with van der Waals surface area (Å²) in [5.74, 6) is 1.46. The van der Waals surface area contributed by atoms with Crippen molar-refractivity contribution in [2.75, 3.05) is 5.32 Å². The Kier molecular flexibility index (Phi) is 3.69. The van der Waals surface area contributed by atoms with Gasteiger partial charge in [0.15, 0.2) is 0 Å². The highest BCUT2D eigenvalue weighted by Crippen LogP contribution is 2.24. The monoisotopic (exact) mass is 315 g/mol. The number of hydrogen-bond donors (Lipinski definition) is 1. The lowest BCUT2D eigenvalue weighted by Crippen LogP contribution is -2.03. The number of nitrogens with zero attached hydrogens (tertiary/aromatic N) is 2. The van der Waals surface area contributed by atoms with E-state index < -0.39 is 0 Å². The number of hydrogen-bond acceptors (Lipinski definition) is 4. The molecular weight excluding hydrogens is 305 g/mol. The van der Waals surface area contributed by atoms with E-state index in [2.05, 4.69) is 31.4 Å². The van der Waals surface area contributed by atoms with Crippen molar-refractivity contribution in [3.05, 3.63) is 38.8 Å². The molecule has 2 aromatic rings. The van der Waals surface area contributed by atoms with Crippen LogP contribution in [0, 0.1) is 13.8 Å². The molecule has 0 saturated heterocycles. The summed E-state index contributed by atoms with van der Waals surface area (Å²) in [5.41, 5.74) is 1.91. The van der Waals surface area contributed by atoms with Crippen molar-refractivity contribution in [1.29, 1.82) is 0 Å². The van der Waals surface area contributed by atoms with Gasteiger partial charge in [0.1, 0.15) is 11.6 Å². The maximum atomic E-state index is 6.06. The Morgan fingerprint density at radius 1 is 1.47 bits per heavy atom. The van der Waals surface area contributed by atoms with Gasteiger partial charge in [-0.25, -0.2) is 4.98 Å². The van der Waals surface area contributed by atoms with Crippen LogP contribution in [0.25, 0.3) is 0 Å². The van der Waals surface area contributed by atoms with Gasteiger partial charge in [0.25, 0.3) is 0 Å². The molecule has 90 valence electrons. The van der Waals surface area contributed by atoms with Gasteiger partial charge in [-0.1, -0.05) is 16.8 Å². The first-order valence-corrected chi connectivity index (χ1v) is 6.21. The van der Waals surface area contributed by atoms with Gasteiger partial charge in [-0.3, -0.25) is 0 Å². The molecule has 6 heteroatoms. The van der Waals surface area contributed by atoms with E-state index in [1.165, 1.54) is 0 Å². The maximum absolute atomic E-state index is 6.06. The lowest BCUT2D eigenvalue weighted by molar-refractivity contribution is 0.392. The Morgan fingerprint density at radius 2 is 2.24 bits per heavy atom. The highest BCUT2D eigenvalue weighted by molar-refractivity contribution is 9.10. The third kappa shape index (κ3) is 2.79. The summed E-state index contributed by atoms with van der Waals surface area (Å²) >= 11 is 9.36. The average molecular weight is 317 g/mol. The third-order valence-corrected chi connectivity index (χ3v) is 3.14.